The summed E-state index contributed by atoms with van der Waals surface area (Å²) in [6.07, 6.45) is 0. The second-order valence-electron chi connectivity index (χ2n) is 6.23. The number of hydrogen-bond acceptors (Lipinski definition) is 5. The van der Waals surface area contributed by atoms with Gasteiger partial charge in [-0.05, 0) is 31.5 Å². The molecule has 8 heteroatoms. The second kappa shape index (κ2) is 5.71. The molecule has 0 unspecified atom stereocenters. The zero-order valence-corrected chi connectivity index (χ0v) is 14.5. The lowest BCUT2D eigenvalue weighted by atomic mass is 10.3. The largest absolute Gasteiger partial charge is 0.339 e. The fourth-order valence-electron chi connectivity index (χ4n) is 3.22. The molecule has 4 rings (SSSR count). The highest BCUT2D eigenvalue weighted by molar-refractivity contribution is 7.17. The van der Waals surface area contributed by atoms with E-state index in [9.17, 15) is 9.59 Å². The van der Waals surface area contributed by atoms with E-state index in [0.29, 0.717) is 24.4 Å². The molecule has 0 aliphatic carbocycles. The highest BCUT2D eigenvalue weighted by atomic mass is 32.1. The molecule has 0 spiro atoms. The number of hydrogen-bond donors (Lipinski definition) is 0. The lowest BCUT2D eigenvalue weighted by Crippen LogP contribution is -2.48. The topological polar surface area (TPSA) is 62.9 Å². The monoisotopic (exact) mass is 345 g/mol. The maximum absolute atomic E-state index is 12.7. The van der Waals surface area contributed by atoms with Crippen LogP contribution in [0.1, 0.15) is 5.82 Å². The van der Waals surface area contributed by atoms with Crippen LogP contribution >= 0.6 is 11.3 Å². The summed E-state index contributed by atoms with van der Waals surface area (Å²) in [5.74, 6) is 0.666. The van der Waals surface area contributed by atoms with Gasteiger partial charge in [0.25, 0.3) is 5.56 Å². The Morgan fingerprint density at radius 1 is 1.25 bits per heavy atom. The van der Waals surface area contributed by atoms with E-state index >= 15 is 0 Å². The van der Waals surface area contributed by atoms with Gasteiger partial charge in [-0.2, -0.15) is 5.10 Å². The van der Waals surface area contributed by atoms with Crippen molar-refractivity contribution in [2.24, 2.45) is 0 Å². The smallest absolute Gasteiger partial charge is 0.291 e. The molecule has 3 aromatic heterocycles. The highest BCUT2D eigenvalue weighted by Crippen LogP contribution is 2.24. The van der Waals surface area contributed by atoms with Gasteiger partial charge in [-0.25, -0.2) is 4.68 Å². The summed E-state index contributed by atoms with van der Waals surface area (Å²) in [6, 6.07) is 3.87. The number of carbonyl (C=O) groups is 1. The third kappa shape index (κ3) is 2.42. The van der Waals surface area contributed by atoms with Crippen molar-refractivity contribution < 1.29 is 4.79 Å². The van der Waals surface area contributed by atoms with E-state index in [2.05, 4.69) is 10.00 Å². The van der Waals surface area contributed by atoms with Crippen LogP contribution in [0.2, 0.25) is 0 Å². The number of aromatic nitrogens is 3. The number of carbonyl (C=O) groups excluding carboxylic acids is 1. The highest BCUT2D eigenvalue weighted by Gasteiger charge is 2.21. The molecule has 1 fully saturated rings. The Morgan fingerprint density at radius 3 is 2.75 bits per heavy atom. The second-order valence-corrected chi connectivity index (χ2v) is 7.18. The van der Waals surface area contributed by atoms with E-state index in [1.807, 2.05) is 40.8 Å². The van der Waals surface area contributed by atoms with Crippen molar-refractivity contribution in [3.63, 3.8) is 0 Å². The molecule has 3 aromatic rings. The Labute approximate surface area is 142 Å². The number of thiophene rings is 1. The molecule has 0 aromatic carbocycles. The minimum absolute atomic E-state index is 0.00127. The van der Waals surface area contributed by atoms with Gasteiger partial charge in [0.15, 0.2) is 0 Å². The first-order valence-electron chi connectivity index (χ1n) is 7.97. The van der Waals surface area contributed by atoms with Gasteiger partial charge >= 0.3 is 0 Å². The van der Waals surface area contributed by atoms with E-state index < -0.39 is 0 Å². The van der Waals surface area contributed by atoms with Crippen molar-refractivity contribution in [2.75, 3.05) is 33.2 Å². The normalized spacial score (nSPS) is 16.3. The molecule has 0 atom stereocenters. The van der Waals surface area contributed by atoms with E-state index in [4.69, 9.17) is 0 Å². The fraction of sp³-hybridized carbons (Fsp3) is 0.438. The zero-order chi connectivity index (χ0) is 16.8. The van der Waals surface area contributed by atoms with E-state index in [1.165, 1.54) is 4.68 Å². The standard InChI is InChI=1S/C16H19N5O2S/c1-11-17-20(10-15(22)19-6-4-18(2)5-7-19)16(23)13-9-14-12(21(11)13)3-8-24-14/h3,8-9H,4-7,10H2,1-2H3. The molecular formula is C16H19N5O2S. The first-order chi connectivity index (χ1) is 11.5. The molecule has 0 radical (unpaired) electrons. The maximum atomic E-state index is 12.7. The minimum atomic E-state index is -0.216. The van der Waals surface area contributed by atoms with Crippen molar-refractivity contribution in [1.82, 2.24) is 24.0 Å². The summed E-state index contributed by atoms with van der Waals surface area (Å²) in [5.41, 5.74) is 1.36. The van der Waals surface area contributed by atoms with Crippen LogP contribution in [0.15, 0.2) is 22.3 Å². The fourth-order valence-corrected chi connectivity index (χ4v) is 4.02. The van der Waals surface area contributed by atoms with Crippen LogP contribution in [0.25, 0.3) is 15.7 Å². The van der Waals surface area contributed by atoms with Gasteiger partial charge in [0, 0.05) is 26.2 Å². The van der Waals surface area contributed by atoms with Gasteiger partial charge in [0.2, 0.25) is 5.91 Å². The summed E-state index contributed by atoms with van der Waals surface area (Å²) in [5, 5.41) is 6.37. The summed E-state index contributed by atoms with van der Waals surface area (Å²) in [6.45, 7) is 4.99. The molecule has 24 heavy (non-hydrogen) atoms. The third-order valence-electron chi connectivity index (χ3n) is 4.61. The molecular weight excluding hydrogens is 326 g/mol. The quantitative estimate of drug-likeness (QED) is 0.689. The molecule has 0 N–H and O–H groups in total. The van der Waals surface area contributed by atoms with Gasteiger partial charge in [-0.1, -0.05) is 0 Å². The number of likely N-dealkylation sites (N-methyl/N-ethyl adjacent to an activating group) is 1. The summed E-state index contributed by atoms with van der Waals surface area (Å²) in [4.78, 5) is 29.2. The SMILES string of the molecule is Cc1nn(CC(=O)N2CCN(C)CC2)c(=O)c2cc3sccc3n12. The predicted octanol–water partition coefficient (Wildman–Crippen LogP) is 0.793. The van der Waals surface area contributed by atoms with Gasteiger partial charge in [0.1, 0.15) is 17.9 Å². The van der Waals surface area contributed by atoms with E-state index in [0.717, 1.165) is 23.3 Å². The van der Waals surface area contributed by atoms with Crippen LogP contribution in [-0.2, 0) is 11.3 Å². The molecule has 126 valence electrons. The van der Waals surface area contributed by atoms with Crippen LogP contribution in [0.4, 0.5) is 0 Å². The Bertz CT molecular complexity index is 978. The van der Waals surface area contributed by atoms with Gasteiger partial charge in [-0.3, -0.25) is 14.0 Å². The number of amides is 1. The van der Waals surface area contributed by atoms with Crippen molar-refractivity contribution >= 4 is 33.0 Å². The average Bonchev–Trinajstić information content (AvgIpc) is 3.13. The molecule has 1 amide bonds. The number of aryl methyl sites for hydroxylation is 1. The van der Waals surface area contributed by atoms with Crippen LogP contribution < -0.4 is 5.56 Å². The molecule has 4 heterocycles. The van der Waals surface area contributed by atoms with Crippen molar-refractivity contribution in [2.45, 2.75) is 13.5 Å². The molecule has 7 nitrogen and oxygen atoms in total. The van der Waals surface area contributed by atoms with Crippen LogP contribution in [0.5, 0.6) is 0 Å². The maximum Gasteiger partial charge on any atom is 0.291 e. The summed E-state index contributed by atoms with van der Waals surface area (Å²) in [7, 11) is 2.05. The first-order valence-corrected chi connectivity index (χ1v) is 8.85. The van der Waals surface area contributed by atoms with Crippen LogP contribution in [-0.4, -0.2) is 63.1 Å². The predicted molar refractivity (Wildman–Crippen MR) is 93.6 cm³/mol. The lowest BCUT2D eigenvalue weighted by molar-refractivity contribution is -0.133. The number of piperazine rings is 1. The van der Waals surface area contributed by atoms with Gasteiger partial charge in [0.05, 0.1) is 10.2 Å². The third-order valence-corrected chi connectivity index (χ3v) is 5.46. The zero-order valence-electron chi connectivity index (χ0n) is 13.7. The van der Waals surface area contributed by atoms with Gasteiger partial charge in [-0.15, -0.1) is 11.3 Å². The van der Waals surface area contributed by atoms with E-state index in [-0.39, 0.29) is 18.0 Å². The van der Waals surface area contributed by atoms with Crippen LogP contribution in [0.3, 0.4) is 0 Å². The first kappa shape index (κ1) is 15.3. The summed E-state index contributed by atoms with van der Waals surface area (Å²) < 4.78 is 4.22. The molecule has 1 aliphatic heterocycles. The summed E-state index contributed by atoms with van der Waals surface area (Å²) >= 11 is 1.60. The van der Waals surface area contributed by atoms with Crippen LogP contribution in [0, 0.1) is 6.92 Å². The Balaban J connectivity index is 1.68. The van der Waals surface area contributed by atoms with E-state index in [1.54, 1.807) is 11.3 Å². The number of fused-ring (bicyclic) bond motifs is 3. The van der Waals surface area contributed by atoms with Crippen molar-refractivity contribution in [3.05, 3.63) is 33.7 Å². The number of nitrogens with zero attached hydrogens (tertiary/aromatic N) is 5. The Morgan fingerprint density at radius 2 is 2.00 bits per heavy atom. The number of rotatable bonds is 2. The Kier molecular flexibility index (Phi) is 3.65. The molecule has 0 bridgehead atoms. The minimum Gasteiger partial charge on any atom is -0.339 e. The van der Waals surface area contributed by atoms with Gasteiger partial charge < -0.3 is 9.80 Å². The van der Waals surface area contributed by atoms with Crippen molar-refractivity contribution in [3.8, 4) is 0 Å². The molecule has 0 saturated carbocycles. The molecule has 1 saturated heterocycles. The lowest BCUT2D eigenvalue weighted by Gasteiger charge is -2.32. The molecule has 1 aliphatic rings. The van der Waals surface area contributed by atoms with Crippen molar-refractivity contribution in [1.29, 1.82) is 0 Å². The Hall–Kier alpha value is -2.19. The average molecular weight is 345 g/mol.